The van der Waals surface area contributed by atoms with E-state index in [4.69, 9.17) is 27.9 Å². The third-order valence-corrected chi connectivity index (χ3v) is 9.47. The number of nitrogens with one attached hydrogen (secondary N) is 1. The summed E-state index contributed by atoms with van der Waals surface area (Å²) in [5.74, 6) is 6.30. The van der Waals surface area contributed by atoms with E-state index < -0.39 is 5.82 Å². The number of hydrogen-bond donors (Lipinski definition) is 3. The zero-order valence-corrected chi connectivity index (χ0v) is 28.9. The van der Waals surface area contributed by atoms with Gasteiger partial charge in [0.25, 0.3) is 5.91 Å². The second kappa shape index (κ2) is 15.2. The lowest BCUT2D eigenvalue weighted by molar-refractivity contribution is -0.130. The number of hydrazine groups is 1. The van der Waals surface area contributed by atoms with E-state index in [2.05, 4.69) is 26.8 Å². The summed E-state index contributed by atoms with van der Waals surface area (Å²) in [4.78, 5) is 44.6. The minimum absolute atomic E-state index is 0.0862. The van der Waals surface area contributed by atoms with Gasteiger partial charge >= 0.3 is 0 Å². The van der Waals surface area contributed by atoms with Gasteiger partial charge < -0.3 is 35.2 Å². The molecule has 1 aromatic carbocycles. The summed E-state index contributed by atoms with van der Waals surface area (Å²) < 4.78 is 22.1. The summed E-state index contributed by atoms with van der Waals surface area (Å²) in [5, 5.41) is 2.42. The van der Waals surface area contributed by atoms with Gasteiger partial charge in [0.2, 0.25) is 5.91 Å². The van der Waals surface area contributed by atoms with Gasteiger partial charge in [-0.3, -0.25) is 14.6 Å². The fourth-order valence-electron chi connectivity index (χ4n) is 6.62. The van der Waals surface area contributed by atoms with Crippen molar-refractivity contribution < 1.29 is 18.7 Å². The first-order valence-corrected chi connectivity index (χ1v) is 17.0. The Morgan fingerprint density at radius 3 is 2.64 bits per heavy atom. The van der Waals surface area contributed by atoms with Crippen molar-refractivity contribution in [1.82, 2.24) is 29.8 Å². The second-order valence-corrected chi connectivity index (χ2v) is 12.7. The third-order valence-electron chi connectivity index (χ3n) is 9.26. The molecule has 0 atom stereocenters. The first kappa shape index (κ1) is 34.7. The van der Waals surface area contributed by atoms with Crippen LogP contribution in [-0.2, 0) is 11.2 Å². The molecule has 14 heteroatoms. The van der Waals surface area contributed by atoms with Gasteiger partial charge in [0.05, 0.1) is 17.6 Å². The largest absolute Gasteiger partial charge is 0.493 e. The minimum Gasteiger partial charge on any atom is -0.493 e. The molecule has 3 aromatic heterocycles. The van der Waals surface area contributed by atoms with Crippen molar-refractivity contribution in [2.75, 3.05) is 57.8 Å². The molecule has 6 rings (SSSR count). The van der Waals surface area contributed by atoms with Gasteiger partial charge in [0.15, 0.2) is 17.4 Å². The Balaban J connectivity index is 1.30. The number of ether oxygens (including phenoxy) is 1. The predicted molar refractivity (Wildman–Crippen MR) is 193 cm³/mol. The van der Waals surface area contributed by atoms with Crippen LogP contribution in [0.25, 0.3) is 27.6 Å². The molecule has 5 N–H and O–H groups in total. The van der Waals surface area contributed by atoms with Gasteiger partial charge in [-0.1, -0.05) is 24.6 Å². The van der Waals surface area contributed by atoms with E-state index in [-0.39, 0.29) is 30.3 Å². The van der Waals surface area contributed by atoms with Crippen molar-refractivity contribution in [2.24, 2.45) is 11.6 Å². The molecule has 4 aromatic rings. The lowest BCUT2D eigenvalue weighted by Crippen LogP contribution is -2.49. The number of nitrogens with two attached hydrogens (primary N) is 2. The highest BCUT2D eigenvalue weighted by Gasteiger charge is 2.29. The van der Waals surface area contributed by atoms with Crippen LogP contribution in [0.15, 0.2) is 61.3 Å². The Hall–Kier alpha value is -5.14. The molecule has 0 radical (unpaired) electrons. The van der Waals surface area contributed by atoms with Crippen LogP contribution in [0.1, 0.15) is 41.4 Å². The van der Waals surface area contributed by atoms with E-state index >= 15 is 4.39 Å². The zero-order valence-electron chi connectivity index (χ0n) is 28.2. The predicted octanol–water partition coefficient (Wildman–Crippen LogP) is 4.56. The average molecular weight is 702 g/mol. The Morgan fingerprint density at radius 2 is 1.90 bits per heavy atom. The molecule has 12 nitrogen and oxygen atoms in total. The van der Waals surface area contributed by atoms with Crippen molar-refractivity contribution in [3.8, 4) is 16.9 Å². The van der Waals surface area contributed by atoms with Crippen LogP contribution in [0.2, 0.25) is 5.02 Å². The number of fused-ring (bicyclic) bond motifs is 1. The first-order valence-electron chi connectivity index (χ1n) is 16.6. The number of aromatic nitrogens is 3. The number of hydrogen-bond acceptors (Lipinski definition) is 9. The van der Waals surface area contributed by atoms with Crippen molar-refractivity contribution in [1.29, 1.82) is 0 Å². The number of H-pyrrole nitrogens is 1. The third kappa shape index (κ3) is 7.10. The molecular weight excluding hydrogens is 661 g/mol. The number of carbonyl (C=O) groups excluding carboxylic acids is 2. The summed E-state index contributed by atoms with van der Waals surface area (Å²) in [6.07, 6.45) is 11.4. The van der Waals surface area contributed by atoms with Crippen LogP contribution >= 0.6 is 11.6 Å². The number of methoxy groups -OCH3 is 1. The Morgan fingerprint density at radius 1 is 1.10 bits per heavy atom. The number of anilines is 1. The highest BCUT2D eigenvalue weighted by atomic mass is 35.5. The molecule has 0 spiro atoms. The summed E-state index contributed by atoms with van der Waals surface area (Å²) >= 11 is 6.10. The summed E-state index contributed by atoms with van der Waals surface area (Å²) in [7, 11) is 1.57. The van der Waals surface area contributed by atoms with E-state index in [1.54, 1.807) is 47.6 Å². The van der Waals surface area contributed by atoms with Gasteiger partial charge in [0, 0.05) is 106 Å². The maximum atomic E-state index is 16.7. The highest BCUT2D eigenvalue weighted by Crippen LogP contribution is 2.38. The SMILES string of the molecule is CCc1ccncc1-c1cc(C2=CCCN(C(=O)CCN(N)/C=C\N)C2)c(F)c2[nH]c(C(=O)N3CCN(c4ncc(Cl)cc4OC)CC3)cc12. The van der Waals surface area contributed by atoms with Crippen LogP contribution in [-0.4, -0.2) is 94.5 Å². The van der Waals surface area contributed by atoms with E-state index in [1.807, 2.05) is 18.2 Å². The van der Waals surface area contributed by atoms with Crippen molar-refractivity contribution in [2.45, 2.75) is 26.2 Å². The van der Waals surface area contributed by atoms with E-state index in [9.17, 15) is 9.59 Å². The number of benzene rings is 1. The Labute approximate surface area is 295 Å². The van der Waals surface area contributed by atoms with Crippen LogP contribution in [0.4, 0.5) is 10.2 Å². The number of rotatable bonds is 10. The number of amides is 2. The molecular formula is C36H41ClFN9O3. The van der Waals surface area contributed by atoms with Crippen LogP contribution < -0.4 is 21.2 Å². The fourth-order valence-corrected chi connectivity index (χ4v) is 6.77. The molecule has 0 bridgehead atoms. The van der Waals surface area contributed by atoms with Crippen molar-refractivity contribution >= 4 is 45.7 Å². The van der Waals surface area contributed by atoms with Crippen LogP contribution in [0, 0.1) is 5.82 Å². The monoisotopic (exact) mass is 701 g/mol. The molecule has 2 amide bonds. The lowest BCUT2D eigenvalue weighted by Gasteiger charge is -2.35. The van der Waals surface area contributed by atoms with E-state index in [0.29, 0.717) is 84.5 Å². The number of aryl methyl sites for hydroxylation is 1. The normalized spacial score (nSPS) is 15.1. The zero-order chi connectivity index (χ0) is 35.4. The summed E-state index contributed by atoms with van der Waals surface area (Å²) in [5.41, 5.74) is 9.67. The standard InChI is InChI=1S/C36H41ClFN9O3/c1-3-23-6-9-41-21-29(23)27-18-26(24-5-4-10-46(22-24)32(48)7-11-47(40)12-8-39)33(38)34-28(27)19-30(43-34)36(49)45-15-13-44(14-16-45)35-31(50-2)17-25(37)20-42-35/h5-6,8-9,12,17-21,43H,3-4,7,10-11,13-16,22,39-40H2,1-2H3/b12-8-. The topological polar surface area (TPSA) is 150 Å². The summed E-state index contributed by atoms with van der Waals surface area (Å²) in [6.45, 7) is 5.06. The molecule has 0 unspecified atom stereocenters. The summed E-state index contributed by atoms with van der Waals surface area (Å²) in [6, 6.07) is 7.23. The maximum absolute atomic E-state index is 16.7. The number of piperazine rings is 1. The van der Waals surface area contributed by atoms with Gasteiger partial charge in [-0.25, -0.2) is 15.2 Å². The highest BCUT2D eigenvalue weighted by molar-refractivity contribution is 6.30. The number of aromatic amines is 1. The first-order chi connectivity index (χ1) is 24.2. The molecule has 1 saturated heterocycles. The number of pyridine rings is 2. The molecule has 2 aliphatic heterocycles. The van der Waals surface area contributed by atoms with Gasteiger partial charge in [0.1, 0.15) is 5.69 Å². The molecule has 5 heterocycles. The quantitative estimate of drug-likeness (QED) is 0.160. The molecule has 50 heavy (non-hydrogen) atoms. The Kier molecular flexibility index (Phi) is 10.5. The Bertz CT molecular complexity index is 1950. The molecule has 262 valence electrons. The minimum atomic E-state index is -0.475. The van der Waals surface area contributed by atoms with E-state index in [1.165, 1.54) is 17.4 Å². The second-order valence-electron chi connectivity index (χ2n) is 12.3. The maximum Gasteiger partial charge on any atom is 0.270 e. The van der Waals surface area contributed by atoms with Gasteiger partial charge in [-0.05, 0) is 47.7 Å². The van der Waals surface area contributed by atoms with Gasteiger partial charge in [-0.15, -0.1) is 0 Å². The number of nitrogens with zero attached hydrogens (tertiary/aromatic N) is 6. The van der Waals surface area contributed by atoms with Crippen LogP contribution in [0.5, 0.6) is 5.75 Å². The molecule has 2 aliphatic rings. The van der Waals surface area contributed by atoms with Crippen molar-refractivity contribution in [3.05, 3.63) is 89.0 Å². The number of halogens is 2. The fraction of sp³-hybridized carbons (Fsp3) is 0.333. The molecule has 0 saturated carbocycles. The molecule has 1 fully saturated rings. The number of carbonyl (C=O) groups is 2. The van der Waals surface area contributed by atoms with Crippen molar-refractivity contribution in [3.63, 3.8) is 0 Å². The lowest BCUT2D eigenvalue weighted by atomic mass is 9.91. The smallest absolute Gasteiger partial charge is 0.270 e. The molecule has 0 aliphatic carbocycles. The average Bonchev–Trinajstić information content (AvgIpc) is 3.60. The van der Waals surface area contributed by atoms with E-state index in [0.717, 1.165) is 23.1 Å². The van der Waals surface area contributed by atoms with Gasteiger partial charge in [-0.2, -0.15) is 0 Å². The van der Waals surface area contributed by atoms with Crippen LogP contribution in [0.3, 0.4) is 0 Å².